The first-order valence-electron chi connectivity index (χ1n) is 6.89. The Labute approximate surface area is 146 Å². The predicted molar refractivity (Wildman–Crippen MR) is 96.6 cm³/mol. The van der Waals surface area contributed by atoms with Gasteiger partial charge in [0, 0.05) is 15.5 Å². The zero-order chi connectivity index (χ0) is 17.5. The molecule has 0 atom stereocenters. The van der Waals surface area contributed by atoms with E-state index in [2.05, 4.69) is 20.7 Å². The number of halogens is 1. The van der Waals surface area contributed by atoms with Crippen LogP contribution < -0.4 is 16.1 Å². The largest absolute Gasteiger partial charge is 0.421 e. The normalized spacial score (nSPS) is 11.6. The second-order valence-electron chi connectivity index (χ2n) is 5.25. The summed E-state index contributed by atoms with van der Waals surface area (Å²) in [7, 11) is -3.93. The first kappa shape index (κ1) is 16.5. The Hall–Kier alpha value is -2.32. The summed E-state index contributed by atoms with van der Waals surface area (Å²) in [5, 5.41) is 0.593. The summed E-state index contributed by atoms with van der Waals surface area (Å²) < 4.78 is 33.2. The molecule has 0 radical (unpaired) electrons. The SMILES string of the molecule is Cc1cc(S(=O)(=O)Nc2cc3cc(Br)ccc3oc2=O)ccc1N. The maximum absolute atomic E-state index is 12.5. The number of aryl methyl sites for hydroxylation is 1. The highest BCUT2D eigenvalue weighted by Gasteiger charge is 2.18. The van der Waals surface area contributed by atoms with Crippen molar-refractivity contribution < 1.29 is 12.8 Å². The molecule has 6 nitrogen and oxygen atoms in total. The molecule has 0 aliphatic heterocycles. The van der Waals surface area contributed by atoms with Crippen molar-refractivity contribution >= 4 is 48.3 Å². The van der Waals surface area contributed by atoms with E-state index in [4.69, 9.17) is 10.2 Å². The summed E-state index contributed by atoms with van der Waals surface area (Å²) in [6, 6.07) is 10.8. The van der Waals surface area contributed by atoms with Crippen LogP contribution in [0.2, 0.25) is 0 Å². The van der Waals surface area contributed by atoms with Crippen molar-refractivity contribution in [1.82, 2.24) is 0 Å². The van der Waals surface area contributed by atoms with Gasteiger partial charge in [-0.15, -0.1) is 0 Å². The Balaban J connectivity index is 2.06. The Morgan fingerprint density at radius 2 is 1.88 bits per heavy atom. The van der Waals surface area contributed by atoms with Gasteiger partial charge in [-0.3, -0.25) is 4.72 Å². The average Bonchev–Trinajstić information content (AvgIpc) is 2.51. The molecule has 1 aromatic heterocycles. The van der Waals surface area contributed by atoms with E-state index in [1.54, 1.807) is 25.1 Å². The standard InChI is InChI=1S/C16H13BrN2O4S/c1-9-6-12(3-4-13(9)18)24(21,22)19-14-8-10-7-11(17)2-5-15(10)23-16(14)20/h2-8,19H,18H2,1H3. The number of nitrogens with two attached hydrogens (primary N) is 1. The van der Waals surface area contributed by atoms with Crippen molar-refractivity contribution in [3.8, 4) is 0 Å². The fourth-order valence-corrected chi connectivity index (χ4v) is 3.69. The van der Waals surface area contributed by atoms with Crippen molar-refractivity contribution in [3.63, 3.8) is 0 Å². The molecule has 8 heteroatoms. The highest BCUT2D eigenvalue weighted by atomic mass is 79.9. The van der Waals surface area contributed by atoms with Gasteiger partial charge in [0.2, 0.25) is 0 Å². The molecule has 0 amide bonds. The zero-order valence-electron chi connectivity index (χ0n) is 12.5. The smallest absolute Gasteiger partial charge is 0.360 e. The Morgan fingerprint density at radius 3 is 2.58 bits per heavy atom. The van der Waals surface area contributed by atoms with Gasteiger partial charge in [-0.1, -0.05) is 15.9 Å². The molecule has 3 rings (SSSR count). The van der Waals surface area contributed by atoms with E-state index in [1.807, 2.05) is 0 Å². The fourth-order valence-electron chi connectivity index (χ4n) is 2.18. The van der Waals surface area contributed by atoms with Crippen LogP contribution in [0.3, 0.4) is 0 Å². The van der Waals surface area contributed by atoms with E-state index < -0.39 is 15.6 Å². The minimum Gasteiger partial charge on any atom is -0.421 e. The first-order valence-corrected chi connectivity index (χ1v) is 9.16. The quantitative estimate of drug-likeness (QED) is 0.511. The van der Waals surface area contributed by atoms with E-state index in [9.17, 15) is 13.2 Å². The van der Waals surface area contributed by atoms with Crippen LogP contribution in [0, 0.1) is 6.92 Å². The second-order valence-corrected chi connectivity index (χ2v) is 7.85. The number of hydrogen-bond acceptors (Lipinski definition) is 5. The Kier molecular flexibility index (Phi) is 4.10. The number of nitrogens with one attached hydrogen (secondary N) is 1. The fraction of sp³-hybridized carbons (Fsp3) is 0.0625. The van der Waals surface area contributed by atoms with Gasteiger partial charge in [-0.05, 0) is 55.0 Å². The molecule has 1 heterocycles. The van der Waals surface area contributed by atoms with Crippen LogP contribution in [-0.2, 0) is 10.0 Å². The molecule has 3 N–H and O–H groups in total. The topological polar surface area (TPSA) is 102 Å². The number of rotatable bonds is 3. The van der Waals surface area contributed by atoms with Gasteiger partial charge in [-0.25, -0.2) is 13.2 Å². The van der Waals surface area contributed by atoms with Crippen LogP contribution in [0.5, 0.6) is 0 Å². The molecule has 0 bridgehead atoms. The number of sulfonamides is 1. The van der Waals surface area contributed by atoms with Gasteiger partial charge >= 0.3 is 5.63 Å². The molecular weight excluding hydrogens is 396 g/mol. The number of hydrogen-bond donors (Lipinski definition) is 2. The summed E-state index contributed by atoms with van der Waals surface area (Å²) in [4.78, 5) is 12.0. The predicted octanol–water partition coefficient (Wildman–Crippen LogP) is 3.25. The van der Waals surface area contributed by atoms with Crippen LogP contribution >= 0.6 is 15.9 Å². The van der Waals surface area contributed by atoms with Crippen LogP contribution in [0.4, 0.5) is 11.4 Å². The summed E-state index contributed by atoms with van der Waals surface area (Å²) in [6.07, 6.45) is 0. The van der Waals surface area contributed by atoms with Gasteiger partial charge in [0.25, 0.3) is 10.0 Å². The van der Waals surface area contributed by atoms with Gasteiger partial charge < -0.3 is 10.2 Å². The summed E-state index contributed by atoms with van der Waals surface area (Å²) in [5.74, 6) is 0. The Bertz CT molecular complexity index is 1110. The maximum atomic E-state index is 12.5. The molecule has 24 heavy (non-hydrogen) atoms. The van der Waals surface area contributed by atoms with E-state index in [1.165, 1.54) is 24.3 Å². The third kappa shape index (κ3) is 3.15. The van der Waals surface area contributed by atoms with E-state index in [-0.39, 0.29) is 10.6 Å². The van der Waals surface area contributed by atoms with Gasteiger partial charge in [-0.2, -0.15) is 0 Å². The lowest BCUT2D eigenvalue weighted by molar-refractivity contribution is 0.562. The number of benzene rings is 2. The third-order valence-electron chi connectivity index (χ3n) is 3.49. The maximum Gasteiger partial charge on any atom is 0.360 e. The Morgan fingerprint density at radius 1 is 1.12 bits per heavy atom. The molecule has 3 aromatic rings. The zero-order valence-corrected chi connectivity index (χ0v) is 14.9. The van der Waals surface area contributed by atoms with Gasteiger partial charge in [0.1, 0.15) is 11.3 Å². The van der Waals surface area contributed by atoms with Crippen LogP contribution in [-0.4, -0.2) is 8.42 Å². The number of nitrogen functional groups attached to an aromatic ring is 1. The average molecular weight is 409 g/mol. The summed E-state index contributed by atoms with van der Waals surface area (Å²) >= 11 is 3.32. The van der Waals surface area contributed by atoms with E-state index in [0.29, 0.717) is 22.2 Å². The third-order valence-corrected chi connectivity index (χ3v) is 5.35. The number of fused-ring (bicyclic) bond motifs is 1. The van der Waals surface area contributed by atoms with Crippen LogP contribution in [0.25, 0.3) is 11.0 Å². The van der Waals surface area contributed by atoms with Crippen molar-refractivity contribution in [2.75, 3.05) is 10.5 Å². The molecule has 2 aromatic carbocycles. The van der Waals surface area contributed by atoms with Crippen LogP contribution in [0.1, 0.15) is 5.56 Å². The van der Waals surface area contributed by atoms with Gasteiger partial charge in [0.15, 0.2) is 0 Å². The summed E-state index contributed by atoms with van der Waals surface area (Å²) in [5.41, 5.74) is 6.27. The number of anilines is 2. The highest BCUT2D eigenvalue weighted by molar-refractivity contribution is 9.10. The minimum atomic E-state index is -3.93. The summed E-state index contributed by atoms with van der Waals surface area (Å²) in [6.45, 7) is 1.70. The molecule has 0 unspecified atom stereocenters. The molecule has 0 saturated carbocycles. The molecule has 0 saturated heterocycles. The molecular formula is C16H13BrN2O4S. The van der Waals surface area contributed by atoms with Crippen LogP contribution in [0.15, 0.2) is 61.0 Å². The highest BCUT2D eigenvalue weighted by Crippen LogP contribution is 2.23. The molecule has 0 spiro atoms. The minimum absolute atomic E-state index is 0.0166. The molecule has 0 aliphatic rings. The van der Waals surface area contributed by atoms with E-state index in [0.717, 1.165) is 4.47 Å². The molecule has 0 aliphatic carbocycles. The lowest BCUT2D eigenvalue weighted by atomic mass is 10.2. The van der Waals surface area contributed by atoms with E-state index >= 15 is 0 Å². The lowest BCUT2D eigenvalue weighted by Crippen LogP contribution is -2.18. The monoisotopic (exact) mass is 408 g/mol. The lowest BCUT2D eigenvalue weighted by Gasteiger charge is -2.09. The van der Waals surface area contributed by atoms with Crippen molar-refractivity contribution in [3.05, 3.63) is 62.9 Å². The van der Waals surface area contributed by atoms with Gasteiger partial charge in [0.05, 0.1) is 4.90 Å². The van der Waals surface area contributed by atoms with Crippen molar-refractivity contribution in [2.24, 2.45) is 0 Å². The van der Waals surface area contributed by atoms with Crippen molar-refractivity contribution in [1.29, 1.82) is 0 Å². The van der Waals surface area contributed by atoms with Crippen molar-refractivity contribution in [2.45, 2.75) is 11.8 Å². The molecule has 124 valence electrons. The second kappa shape index (κ2) is 5.95. The first-order chi connectivity index (χ1) is 11.3. The molecule has 0 fully saturated rings.